The zero-order valence-electron chi connectivity index (χ0n) is 12.2. The fourth-order valence-corrected chi connectivity index (χ4v) is 1.95. The Bertz CT molecular complexity index is 549. The van der Waals surface area contributed by atoms with Gasteiger partial charge in [-0.1, -0.05) is 25.1 Å². The molecular weight excluding hydrogens is 250 g/mol. The Labute approximate surface area is 120 Å². The molecule has 20 heavy (non-hydrogen) atoms. The molecule has 0 saturated heterocycles. The number of benzene rings is 2. The zero-order valence-corrected chi connectivity index (χ0v) is 12.2. The summed E-state index contributed by atoms with van der Waals surface area (Å²) in [7, 11) is 4.00. The summed E-state index contributed by atoms with van der Waals surface area (Å²) >= 11 is 0. The Morgan fingerprint density at radius 3 is 2.35 bits per heavy atom. The molecule has 2 aromatic carbocycles. The van der Waals surface area contributed by atoms with Crippen molar-refractivity contribution in [3.63, 3.8) is 0 Å². The van der Waals surface area contributed by atoms with Crippen LogP contribution in [-0.2, 0) is 0 Å². The lowest BCUT2D eigenvalue weighted by molar-refractivity contribution is 0.173. The third kappa shape index (κ3) is 3.52. The maximum absolute atomic E-state index is 9.76. The van der Waals surface area contributed by atoms with E-state index in [2.05, 4.69) is 0 Å². The van der Waals surface area contributed by atoms with E-state index in [9.17, 15) is 5.11 Å². The van der Waals surface area contributed by atoms with Gasteiger partial charge in [0.15, 0.2) is 0 Å². The molecule has 1 atom stereocenters. The lowest BCUT2D eigenvalue weighted by Gasteiger charge is -2.14. The average molecular weight is 271 g/mol. The summed E-state index contributed by atoms with van der Waals surface area (Å²) < 4.78 is 5.83. The number of nitrogens with zero attached hydrogens (tertiary/aromatic N) is 1. The lowest BCUT2D eigenvalue weighted by atomic mass is 10.1. The van der Waals surface area contributed by atoms with Crippen molar-refractivity contribution in [1.82, 2.24) is 0 Å². The van der Waals surface area contributed by atoms with Crippen LogP contribution in [0, 0.1) is 0 Å². The van der Waals surface area contributed by atoms with Crippen LogP contribution in [0.1, 0.15) is 25.0 Å². The zero-order chi connectivity index (χ0) is 14.5. The summed E-state index contributed by atoms with van der Waals surface area (Å²) in [5, 5.41) is 9.76. The van der Waals surface area contributed by atoms with E-state index in [1.165, 1.54) is 0 Å². The van der Waals surface area contributed by atoms with Crippen LogP contribution in [-0.4, -0.2) is 19.2 Å². The molecule has 0 heterocycles. The van der Waals surface area contributed by atoms with E-state index in [0.717, 1.165) is 22.7 Å². The van der Waals surface area contributed by atoms with Crippen LogP contribution in [0.4, 0.5) is 5.69 Å². The smallest absolute Gasteiger partial charge is 0.129 e. The van der Waals surface area contributed by atoms with Crippen LogP contribution in [0.15, 0.2) is 48.5 Å². The molecule has 0 unspecified atom stereocenters. The van der Waals surface area contributed by atoms with Crippen molar-refractivity contribution in [3.8, 4) is 11.5 Å². The molecule has 0 radical (unpaired) electrons. The van der Waals surface area contributed by atoms with Crippen LogP contribution in [0.3, 0.4) is 0 Å². The first kappa shape index (κ1) is 14.4. The fraction of sp³-hybridized carbons (Fsp3) is 0.294. The second-order valence-corrected chi connectivity index (χ2v) is 4.99. The van der Waals surface area contributed by atoms with Crippen LogP contribution in [0.2, 0.25) is 0 Å². The molecule has 0 aliphatic rings. The summed E-state index contributed by atoms with van der Waals surface area (Å²) in [6.45, 7) is 1.96. The summed E-state index contributed by atoms with van der Waals surface area (Å²) in [5.41, 5.74) is 2.02. The quantitative estimate of drug-likeness (QED) is 0.892. The molecule has 0 aliphatic heterocycles. The molecular formula is C17H21NO2. The van der Waals surface area contributed by atoms with Gasteiger partial charge in [0, 0.05) is 25.8 Å². The van der Waals surface area contributed by atoms with Gasteiger partial charge in [0.25, 0.3) is 0 Å². The molecule has 0 aliphatic carbocycles. The van der Waals surface area contributed by atoms with E-state index in [0.29, 0.717) is 6.42 Å². The number of aliphatic hydroxyl groups is 1. The SMILES string of the molecule is CC[C@@H](O)c1ccc(Oc2cccc(N(C)C)c2)cc1. The van der Waals surface area contributed by atoms with Crippen molar-refractivity contribution in [2.45, 2.75) is 19.4 Å². The maximum Gasteiger partial charge on any atom is 0.129 e. The fourth-order valence-electron chi connectivity index (χ4n) is 1.95. The molecule has 106 valence electrons. The van der Waals surface area contributed by atoms with Gasteiger partial charge in [0.2, 0.25) is 0 Å². The molecule has 0 amide bonds. The molecule has 0 aromatic heterocycles. The van der Waals surface area contributed by atoms with Gasteiger partial charge in [-0.05, 0) is 36.2 Å². The number of anilines is 1. The summed E-state index contributed by atoms with van der Waals surface area (Å²) in [6, 6.07) is 15.5. The van der Waals surface area contributed by atoms with Crippen LogP contribution >= 0.6 is 0 Å². The van der Waals surface area contributed by atoms with Crippen LogP contribution in [0.25, 0.3) is 0 Å². The van der Waals surface area contributed by atoms with Crippen molar-refractivity contribution < 1.29 is 9.84 Å². The highest BCUT2D eigenvalue weighted by Crippen LogP contribution is 2.26. The highest BCUT2D eigenvalue weighted by Gasteiger charge is 2.05. The van der Waals surface area contributed by atoms with Gasteiger partial charge >= 0.3 is 0 Å². The number of hydrogen-bond acceptors (Lipinski definition) is 3. The van der Waals surface area contributed by atoms with E-state index < -0.39 is 6.10 Å². The standard InChI is InChI=1S/C17H21NO2/c1-4-17(19)13-8-10-15(11-9-13)20-16-7-5-6-14(12-16)18(2)3/h5-12,17,19H,4H2,1-3H3/t17-/m1/s1. The first-order chi connectivity index (χ1) is 9.60. The minimum absolute atomic E-state index is 0.402. The number of hydrogen-bond donors (Lipinski definition) is 1. The third-order valence-corrected chi connectivity index (χ3v) is 3.22. The minimum atomic E-state index is -0.402. The van der Waals surface area contributed by atoms with E-state index in [4.69, 9.17) is 4.74 Å². The van der Waals surface area contributed by atoms with E-state index in [-0.39, 0.29) is 0 Å². The Kier molecular flexibility index (Phi) is 4.64. The number of aliphatic hydroxyl groups excluding tert-OH is 1. The second kappa shape index (κ2) is 6.44. The molecule has 0 bridgehead atoms. The van der Waals surface area contributed by atoms with Gasteiger partial charge in [-0.15, -0.1) is 0 Å². The summed E-state index contributed by atoms with van der Waals surface area (Å²) in [5.74, 6) is 1.58. The Balaban J connectivity index is 2.12. The Morgan fingerprint density at radius 1 is 1.05 bits per heavy atom. The van der Waals surface area contributed by atoms with Crippen molar-refractivity contribution in [3.05, 3.63) is 54.1 Å². The van der Waals surface area contributed by atoms with Gasteiger partial charge in [0.05, 0.1) is 6.10 Å². The van der Waals surface area contributed by atoms with E-state index in [1.807, 2.05) is 74.4 Å². The van der Waals surface area contributed by atoms with Gasteiger partial charge in [0.1, 0.15) is 11.5 Å². The number of ether oxygens (including phenoxy) is 1. The first-order valence-electron chi connectivity index (χ1n) is 6.83. The topological polar surface area (TPSA) is 32.7 Å². The van der Waals surface area contributed by atoms with Crippen LogP contribution < -0.4 is 9.64 Å². The molecule has 3 nitrogen and oxygen atoms in total. The largest absolute Gasteiger partial charge is 0.457 e. The molecule has 3 heteroatoms. The first-order valence-corrected chi connectivity index (χ1v) is 6.83. The van der Waals surface area contributed by atoms with Gasteiger partial charge in [-0.25, -0.2) is 0 Å². The molecule has 1 N–H and O–H groups in total. The van der Waals surface area contributed by atoms with Crippen molar-refractivity contribution >= 4 is 5.69 Å². The van der Waals surface area contributed by atoms with Crippen molar-refractivity contribution in [2.75, 3.05) is 19.0 Å². The molecule has 0 fully saturated rings. The highest BCUT2D eigenvalue weighted by atomic mass is 16.5. The summed E-state index contributed by atoms with van der Waals surface area (Å²) in [4.78, 5) is 2.04. The van der Waals surface area contributed by atoms with Crippen molar-refractivity contribution in [2.24, 2.45) is 0 Å². The Morgan fingerprint density at radius 2 is 1.75 bits per heavy atom. The number of rotatable bonds is 5. The lowest BCUT2D eigenvalue weighted by Crippen LogP contribution is -2.08. The van der Waals surface area contributed by atoms with E-state index in [1.54, 1.807) is 0 Å². The predicted molar refractivity (Wildman–Crippen MR) is 82.5 cm³/mol. The van der Waals surface area contributed by atoms with Gasteiger partial charge in [-0.2, -0.15) is 0 Å². The van der Waals surface area contributed by atoms with Crippen LogP contribution in [0.5, 0.6) is 11.5 Å². The molecule has 0 saturated carbocycles. The normalized spacial score (nSPS) is 12.0. The summed E-state index contributed by atoms with van der Waals surface area (Å²) in [6.07, 6.45) is 0.312. The predicted octanol–water partition coefficient (Wildman–Crippen LogP) is 3.99. The Hall–Kier alpha value is -2.00. The minimum Gasteiger partial charge on any atom is -0.457 e. The second-order valence-electron chi connectivity index (χ2n) is 4.99. The monoisotopic (exact) mass is 271 g/mol. The molecule has 0 spiro atoms. The van der Waals surface area contributed by atoms with Gasteiger partial charge in [-0.3, -0.25) is 0 Å². The maximum atomic E-state index is 9.76. The van der Waals surface area contributed by atoms with E-state index >= 15 is 0 Å². The third-order valence-electron chi connectivity index (χ3n) is 3.22. The molecule has 2 aromatic rings. The van der Waals surface area contributed by atoms with Crippen molar-refractivity contribution in [1.29, 1.82) is 0 Å². The average Bonchev–Trinajstić information content (AvgIpc) is 2.47. The van der Waals surface area contributed by atoms with Gasteiger partial charge < -0.3 is 14.7 Å². The highest BCUT2D eigenvalue weighted by molar-refractivity contribution is 5.50. The molecule has 2 rings (SSSR count).